The largest absolute Gasteiger partial charge is 0.320 e. The Bertz CT molecular complexity index is 534. The highest BCUT2D eigenvalue weighted by Gasteiger charge is 2.41. The summed E-state index contributed by atoms with van der Waals surface area (Å²) in [6.07, 6.45) is 7.21. The van der Waals surface area contributed by atoms with Crippen LogP contribution in [0.3, 0.4) is 0 Å². The fraction of sp³-hybridized carbons (Fsp3) is 0.769. The average Bonchev–Trinajstić information content (AvgIpc) is 3.06. The maximum atomic E-state index is 12.2. The molecular formula is C13H24N4O2S. The molecule has 0 radical (unpaired) electrons. The Morgan fingerprint density at radius 2 is 2.20 bits per heavy atom. The van der Waals surface area contributed by atoms with Crippen molar-refractivity contribution in [3.8, 4) is 0 Å². The van der Waals surface area contributed by atoms with E-state index in [0.29, 0.717) is 6.54 Å². The van der Waals surface area contributed by atoms with Crippen LogP contribution in [-0.4, -0.2) is 38.3 Å². The molecule has 0 saturated heterocycles. The van der Waals surface area contributed by atoms with Gasteiger partial charge in [-0.1, -0.05) is 6.92 Å². The van der Waals surface area contributed by atoms with Gasteiger partial charge in [-0.25, -0.2) is 13.1 Å². The second kappa shape index (κ2) is 6.24. The first kappa shape index (κ1) is 15.5. The van der Waals surface area contributed by atoms with Gasteiger partial charge in [-0.2, -0.15) is 5.10 Å². The van der Waals surface area contributed by atoms with Crippen LogP contribution in [0.15, 0.2) is 17.3 Å². The molecule has 1 aliphatic carbocycles. The Kier molecular flexibility index (Phi) is 4.82. The molecule has 0 amide bonds. The van der Waals surface area contributed by atoms with E-state index in [2.05, 4.69) is 22.1 Å². The minimum atomic E-state index is -3.42. The number of rotatable bonds is 9. The average molecular weight is 300 g/mol. The van der Waals surface area contributed by atoms with Crippen molar-refractivity contribution < 1.29 is 8.42 Å². The standard InChI is InChI=1S/C13H24N4O2S/c1-3-13(5-6-13)11-16-20(18,19)12-9-15-17(10-12)8-4-7-14-2/h9-10,14,16H,3-8,11H2,1-2H3. The molecule has 0 aliphatic heterocycles. The highest BCUT2D eigenvalue weighted by molar-refractivity contribution is 7.89. The first-order valence-electron chi connectivity index (χ1n) is 7.18. The smallest absolute Gasteiger partial charge is 0.243 e. The molecule has 6 nitrogen and oxygen atoms in total. The summed E-state index contributed by atoms with van der Waals surface area (Å²) in [5.74, 6) is 0. The second-order valence-electron chi connectivity index (χ2n) is 5.57. The maximum Gasteiger partial charge on any atom is 0.243 e. The van der Waals surface area contributed by atoms with Crippen molar-refractivity contribution in [3.05, 3.63) is 12.4 Å². The predicted octanol–water partition coefficient (Wildman–Crippen LogP) is 0.961. The summed E-state index contributed by atoms with van der Waals surface area (Å²) in [7, 11) is -1.53. The lowest BCUT2D eigenvalue weighted by molar-refractivity contribution is 0.475. The number of nitrogens with one attached hydrogen (secondary N) is 2. The van der Waals surface area contributed by atoms with E-state index in [-0.39, 0.29) is 10.3 Å². The van der Waals surface area contributed by atoms with E-state index in [1.54, 1.807) is 10.9 Å². The van der Waals surface area contributed by atoms with Crippen LogP contribution in [0.1, 0.15) is 32.6 Å². The van der Waals surface area contributed by atoms with Gasteiger partial charge < -0.3 is 5.32 Å². The van der Waals surface area contributed by atoms with Gasteiger partial charge in [0, 0.05) is 19.3 Å². The Morgan fingerprint density at radius 3 is 2.80 bits per heavy atom. The molecule has 20 heavy (non-hydrogen) atoms. The molecule has 1 saturated carbocycles. The number of sulfonamides is 1. The molecule has 7 heteroatoms. The molecule has 1 fully saturated rings. The number of aromatic nitrogens is 2. The van der Waals surface area contributed by atoms with Crippen molar-refractivity contribution >= 4 is 10.0 Å². The summed E-state index contributed by atoms with van der Waals surface area (Å²) in [5.41, 5.74) is 0.204. The zero-order valence-electron chi connectivity index (χ0n) is 12.2. The van der Waals surface area contributed by atoms with Gasteiger partial charge >= 0.3 is 0 Å². The minimum absolute atomic E-state index is 0.204. The summed E-state index contributed by atoms with van der Waals surface area (Å²) >= 11 is 0. The summed E-state index contributed by atoms with van der Waals surface area (Å²) in [5, 5.41) is 7.16. The number of nitrogens with zero attached hydrogens (tertiary/aromatic N) is 2. The summed E-state index contributed by atoms with van der Waals surface area (Å²) in [4.78, 5) is 0.258. The van der Waals surface area contributed by atoms with Crippen LogP contribution in [-0.2, 0) is 16.6 Å². The van der Waals surface area contributed by atoms with Gasteiger partial charge in [-0.15, -0.1) is 0 Å². The number of aryl methyl sites for hydroxylation is 1. The van der Waals surface area contributed by atoms with Crippen molar-refractivity contribution in [2.24, 2.45) is 5.41 Å². The van der Waals surface area contributed by atoms with Crippen LogP contribution in [0.5, 0.6) is 0 Å². The van der Waals surface area contributed by atoms with Crippen molar-refractivity contribution in [1.29, 1.82) is 0 Å². The summed E-state index contributed by atoms with van der Waals surface area (Å²) in [6, 6.07) is 0. The lowest BCUT2D eigenvalue weighted by Crippen LogP contribution is -2.29. The molecule has 0 unspecified atom stereocenters. The normalized spacial score (nSPS) is 17.3. The van der Waals surface area contributed by atoms with E-state index in [0.717, 1.165) is 38.8 Å². The monoisotopic (exact) mass is 300 g/mol. The quantitative estimate of drug-likeness (QED) is 0.666. The van der Waals surface area contributed by atoms with E-state index < -0.39 is 10.0 Å². The lowest BCUT2D eigenvalue weighted by atomic mass is 10.1. The predicted molar refractivity (Wildman–Crippen MR) is 77.9 cm³/mol. The van der Waals surface area contributed by atoms with E-state index in [9.17, 15) is 8.42 Å². The van der Waals surface area contributed by atoms with Gasteiger partial charge in [0.25, 0.3) is 0 Å². The molecule has 2 N–H and O–H groups in total. The van der Waals surface area contributed by atoms with Gasteiger partial charge in [-0.05, 0) is 44.7 Å². The van der Waals surface area contributed by atoms with Crippen LogP contribution >= 0.6 is 0 Å². The maximum absolute atomic E-state index is 12.2. The first-order valence-corrected chi connectivity index (χ1v) is 8.66. The highest BCUT2D eigenvalue weighted by Crippen LogP contribution is 2.48. The van der Waals surface area contributed by atoms with Crippen molar-refractivity contribution in [1.82, 2.24) is 19.8 Å². The topological polar surface area (TPSA) is 76.0 Å². The first-order chi connectivity index (χ1) is 9.51. The number of hydrogen-bond donors (Lipinski definition) is 2. The molecule has 2 rings (SSSR count). The third kappa shape index (κ3) is 3.80. The SMILES string of the molecule is CCC1(CNS(=O)(=O)c2cnn(CCCNC)c2)CC1. The van der Waals surface area contributed by atoms with Gasteiger partial charge in [0.1, 0.15) is 4.90 Å². The van der Waals surface area contributed by atoms with Gasteiger partial charge in [0.05, 0.1) is 6.20 Å². The summed E-state index contributed by atoms with van der Waals surface area (Å²) in [6.45, 7) is 4.26. The van der Waals surface area contributed by atoms with Crippen LogP contribution in [0.4, 0.5) is 0 Å². The molecule has 0 atom stereocenters. The Hall–Kier alpha value is -0.920. The second-order valence-corrected chi connectivity index (χ2v) is 7.34. The van der Waals surface area contributed by atoms with Crippen LogP contribution in [0.25, 0.3) is 0 Å². The van der Waals surface area contributed by atoms with E-state index in [1.807, 2.05) is 7.05 Å². The van der Waals surface area contributed by atoms with Crippen molar-refractivity contribution in [3.63, 3.8) is 0 Å². The lowest BCUT2D eigenvalue weighted by Gasteiger charge is -2.12. The van der Waals surface area contributed by atoms with Gasteiger partial charge in [0.2, 0.25) is 10.0 Å². The fourth-order valence-corrected chi connectivity index (χ4v) is 3.30. The third-order valence-electron chi connectivity index (χ3n) is 4.08. The Morgan fingerprint density at radius 1 is 1.45 bits per heavy atom. The minimum Gasteiger partial charge on any atom is -0.320 e. The fourth-order valence-electron chi connectivity index (χ4n) is 2.19. The van der Waals surface area contributed by atoms with Crippen molar-refractivity contribution in [2.75, 3.05) is 20.1 Å². The molecule has 0 spiro atoms. The molecular weight excluding hydrogens is 276 g/mol. The van der Waals surface area contributed by atoms with Gasteiger partial charge in [0.15, 0.2) is 0 Å². The third-order valence-corrected chi connectivity index (χ3v) is 5.43. The van der Waals surface area contributed by atoms with Crippen LogP contribution in [0, 0.1) is 5.41 Å². The molecule has 1 aromatic heterocycles. The summed E-state index contributed by atoms with van der Waals surface area (Å²) < 4.78 is 28.8. The number of hydrogen-bond acceptors (Lipinski definition) is 4. The molecule has 1 heterocycles. The van der Waals surface area contributed by atoms with E-state index in [4.69, 9.17) is 0 Å². The molecule has 114 valence electrons. The molecule has 0 bridgehead atoms. The van der Waals surface area contributed by atoms with Crippen LogP contribution < -0.4 is 10.0 Å². The van der Waals surface area contributed by atoms with Crippen LogP contribution in [0.2, 0.25) is 0 Å². The van der Waals surface area contributed by atoms with E-state index >= 15 is 0 Å². The molecule has 1 aliphatic rings. The Balaban J connectivity index is 1.92. The van der Waals surface area contributed by atoms with Gasteiger partial charge in [-0.3, -0.25) is 4.68 Å². The highest BCUT2D eigenvalue weighted by atomic mass is 32.2. The van der Waals surface area contributed by atoms with E-state index in [1.165, 1.54) is 6.20 Å². The van der Waals surface area contributed by atoms with Crippen molar-refractivity contribution in [2.45, 2.75) is 44.0 Å². The zero-order chi connectivity index (χ0) is 14.6. The Labute approximate surface area is 121 Å². The molecule has 1 aromatic rings. The molecule has 0 aromatic carbocycles. The zero-order valence-corrected chi connectivity index (χ0v) is 13.0.